The maximum Gasteiger partial charge on any atom is 0.278 e. The van der Waals surface area contributed by atoms with Crippen LogP contribution in [0.2, 0.25) is 0 Å². The van der Waals surface area contributed by atoms with Gasteiger partial charge in [-0.25, -0.2) is 0 Å². The number of benzene rings is 1. The van der Waals surface area contributed by atoms with Gasteiger partial charge in [-0.15, -0.1) is 0 Å². The van der Waals surface area contributed by atoms with Gasteiger partial charge in [0, 0.05) is 0 Å². The number of nitro benzene ring substituents is 1. The Labute approximate surface area is 85.5 Å². The van der Waals surface area contributed by atoms with Crippen LogP contribution >= 0.6 is 0 Å². The van der Waals surface area contributed by atoms with Crippen molar-refractivity contribution >= 4 is 5.69 Å². The van der Waals surface area contributed by atoms with Gasteiger partial charge in [-0.05, 0) is 6.07 Å². The van der Waals surface area contributed by atoms with Crippen molar-refractivity contribution < 1.29 is 19.1 Å². The third-order valence-corrected chi connectivity index (χ3v) is 2.03. The van der Waals surface area contributed by atoms with Gasteiger partial charge in [-0.2, -0.15) is 0 Å². The molecule has 0 spiro atoms. The second-order valence-electron chi connectivity index (χ2n) is 2.94. The molecule has 0 atom stereocenters. The SMILES string of the molecule is [CH2]OCc1cc2c(cc1[N+](=O)[O-])OCO2. The third kappa shape index (κ3) is 1.71. The van der Waals surface area contributed by atoms with Gasteiger partial charge in [-0.1, -0.05) is 0 Å². The molecule has 1 aromatic carbocycles. The quantitative estimate of drug-likeness (QED) is 0.560. The highest BCUT2D eigenvalue weighted by Crippen LogP contribution is 2.38. The van der Waals surface area contributed by atoms with Crippen LogP contribution in [-0.2, 0) is 11.3 Å². The molecule has 0 unspecified atom stereocenters. The second-order valence-corrected chi connectivity index (χ2v) is 2.94. The first-order chi connectivity index (χ1) is 7.22. The number of fused-ring (bicyclic) bond motifs is 1. The Kier molecular flexibility index (Phi) is 2.42. The summed E-state index contributed by atoms with van der Waals surface area (Å²) >= 11 is 0. The fourth-order valence-electron chi connectivity index (χ4n) is 1.37. The Balaban J connectivity index is 2.47. The van der Waals surface area contributed by atoms with Crippen LogP contribution in [-0.4, -0.2) is 11.7 Å². The molecule has 0 aliphatic carbocycles. The molecular formula is C9H8NO5. The zero-order valence-electron chi connectivity index (χ0n) is 7.76. The zero-order chi connectivity index (χ0) is 10.8. The molecular weight excluding hydrogens is 202 g/mol. The second kappa shape index (κ2) is 3.74. The Morgan fingerprint density at radius 3 is 2.73 bits per heavy atom. The van der Waals surface area contributed by atoms with E-state index in [1.807, 2.05) is 0 Å². The lowest BCUT2D eigenvalue weighted by atomic mass is 10.1. The van der Waals surface area contributed by atoms with Crippen molar-refractivity contribution in [2.24, 2.45) is 0 Å². The third-order valence-electron chi connectivity index (χ3n) is 2.03. The minimum atomic E-state index is -0.490. The first-order valence-corrected chi connectivity index (χ1v) is 4.16. The van der Waals surface area contributed by atoms with Gasteiger partial charge in [0.2, 0.25) is 6.79 Å². The summed E-state index contributed by atoms with van der Waals surface area (Å²) in [5.74, 6) is 0.877. The lowest BCUT2D eigenvalue weighted by molar-refractivity contribution is -0.385. The van der Waals surface area contributed by atoms with Crippen molar-refractivity contribution in [1.29, 1.82) is 0 Å². The fourth-order valence-corrected chi connectivity index (χ4v) is 1.37. The molecule has 1 aromatic rings. The Morgan fingerprint density at radius 2 is 2.13 bits per heavy atom. The zero-order valence-corrected chi connectivity index (χ0v) is 7.76. The van der Waals surface area contributed by atoms with E-state index in [4.69, 9.17) is 9.47 Å². The molecule has 0 saturated carbocycles. The van der Waals surface area contributed by atoms with E-state index in [-0.39, 0.29) is 19.1 Å². The normalized spacial score (nSPS) is 12.9. The molecule has 0 aromatic heterocycles. The summed E-state index contributed by atoms with van der Waals surface area (Å²) in [5.41, 5.74) is 0.363. The smallest absolute Gasteiger partial charge is 0.278 e. The van der Waals surface area contributed by atoms with E-state index in [1.165, 1.54) is 12.1 Å². The van der Waals surface area contributed by atoms with E-state index in [2.05, 4.69) is 11.8 Å². The molecule has 79 valence electrons. The van der Waals surface area contributed by atoms with Crippen molar-refractivity contribution in [1.82, 2.24) is 0 Å². The fraction of sp³-hybridized carbons (Fsp3) is 0.222. The lowest BCUT2D eigenvalue weighted by Crippen LogP contribution is -1.96. The molecule has 0 amide bonds. The Hall–Kier alpha value is -1.82. The molecule has 6 nitrogen and oxygen atoms in total. The molecule has 1 radical (unpaired) electrons. The van der Waals surface area contributed by atoms with Gasteiger partial charge < -0.3 is 14.2 Å². The van der Waals surface area contributed by atoms with Crippen LogP contribution in [0.1, 0.15) is 5.56 Å². The van der Waals surface area contributed by atoms with Crippen molar-refractivity contribution in [3.8, 4) is 11.5 Å². The van der Waals surface area contributed by atoms with Gasteiger partial charge in [-0.3, -0.25) is 10.1 Å². The minimum absolute atomic E-state index is 0.0529. The van der Waals surface area contributed by atoms with Crippen LogP contribution in [0.5, 0.6) is 11.5 Å². The summed E-state index contributed by atoms with van der Waals surface area (Å²) in [5, 5.41) is 10.7. The highest BCUT2D eigenvalue weighted by atomic mass is 16.7. The van der Waals surface area contributed by atoms with Crippen LogP contribution in [0.3, 0.4) is 0 Å². The van der Waals surface area contributed by atoms with Crippen molar-refractivity contribution in [2.45, 2.75) is 6.61 Å². The van der Waals surface area contributed by atoms with Crippen LogP contribution < -0.4 is 9.47 Å². The minimum Gasteiger partial charge on any atom is -0.454 e. The first-order valence-electron chi connectivity index (χ1n) is 4.16. The van der Waals surface area contributed by atoms with Gasteiger partial charge in [0.15, 0.2) is 11.5 Å². The molecule has 1 aliphatic rings. The van der Waals surface area contributed by atoms with Crippen molar-refractivity contribution in [3.05, 3.63) is 34.9 Å². The molecule has 0 N–H and O–H groups in total. The van der Waals surface area contributed by atoms with E-state index >= 15 is 0 Å². The van der Waals surface area contributed by atoms with Gasteiger partial charge in [0.25, 0.3) is 5.69 Å². The molecule has 1 heterocycles. The molecule has 0 fully saturated rings. The number of rotatable bonds is 3. The van der Waals surface area contributed by atoms with Crippen molar-refractivity contribution in [3.63, 3.8) is 0 Å². The van der Waals surface area contributed by atoms with E-state index in [9.17, 15) is 10.1 Å². The molecule has 1 aliphatic heterocycles. The summed E-state index contributed by atoms with van der Waals surface area (Å²) in [6, 6.07) is 2.86. The topological polar surface area (TPSA) is 70.8 Å². The van der Waals surface area contributed by atoms with Crippen LogP contribution in [0.15, 0.2) is 12.1 Å². The van der Waals surface area contributed by atoms with Gasteiger partial charge in [0.1, 0.15) is 0 Å². The summed E-state index contributed by atoms with van der Waals surface area (Å²) in [6.45, 7) is 0.147. The number of hydrogen-bond acceptors (Lipinski definition) is 5. The highest BCUT2D eigenvalue weighted by molar-refractivity contribution is 5.54. The average Bonchev–Trinajstić information content (AvgIpc) is 2.63. The largest absolute Gasteiger partial charge is 0.454 e. The predicted octanol–water partition coefficient (Wildman–Crippen LogP) is 1.63. The Bertz CT molecular complexity index is 404. The lowest BCUT2D eigenvalue weighted by Gasteiger charge is -2.03. The number of nitro groups is 1. The number of nitrogens with zero attached hydrogens (tertiary/aromatic N) is 1. The van der Waals surface area contributed by atoms with Crippen LogP contribution in [0.25, 0.3) is 0 Å². The van der Waals surface area contributed by atoms with E-state index in [0.717, 1.165) is 0 Å². The molecule has 6 heteroatoms. The summed E-state index contributed by atoms with van der Waals surface area (Å²) in [4.78, 5) is 10.2. The van der Waals surface area contributed by atoms with E-state index in [0.29, 0.717) is 17.1 Å². The van der Waals surface area contributed by atoms with Crippen molar-refractivity contribution in [2.75, 3.05) is 6.79 Å². The Morgan fingerprint density at radius 1 is 1.47 bits per heavy atom. The molecule has 0 saturated heterocycles. The monoisotopic (exact) mass is 210 g/mol. The number of hydrogen-bond donors (Lipinski definition) is 0. The summed E-state index contributed by atoms with van der Waals surface area (Å²) in [7, 11) is 3.18. The summed E-state index contributed by atoms with van der Waals surface area (Å²) < 4.78 is 14.8. The average molecular weight is 210 g/mol. The first kappa shape index (κ1) is 9.72. The van der Waals surface area contributed by atoms with Crippen LogP contribution in [0, 0.1) is 17.2 Å². The predicted molar refractivity (Wildman–Crippen MR) is 49.4 cm³/mol. The molecule has 0 bridgehead atoms. The standard InChI is InChI=1S/C9H8NO5/c1-13-4-6-2-8-9(15-5-14-8)3-7(6)10(11)12/h2-3H,1,4-5H2. The van der Waals surface area contributed by atoms with Crippen LogP contribution in [0.4, 0.5) is 5.69 Å². The molecule has 15 heavy (non-hydrogen) atoms. The number of ether oxygens (including phenoxy) is 3. The van der Waals surface area contributed by atoms with Gasteiger partial charge in [0.05, 0.1) is 30.3 Å². The highest BCUT2D eigenvalue weighted by Gasteiger charge is 2.22. The van der Waals surface area contributed by atoms with E-state index in [1.54, 1.807) is 0 Å². The molecule has 2 rings (SSSR count). The van der Waals surface area contributed by atoms with E-state index < -0.39 is 4.92 Å². The summed E-state index contributed by atoms with van der Waals surface area (Å²) in [6.07, 6.45) is 0. The van der Waals surface area contributed by atoms with Gasteiger partial charge >= 0.3 is 0 Å². The maximum absolute atomic E-state index is 10.7. The maximum atomic E-state index is 10.7.